The van der Waals surface area contributed by atoms with Gasteiger partial charge in [-0.05, 0) is 55.7 Å². The minimum atomic E-state index is -3.65. The van der Waals surface area contributed by atoms with E-state index in [0.717, 1.165) is 12.8 Å². The molecule has 0 saturated heterocycles. The van der Waals surface area contributed by atoms with E-state index in [1.807, 2.05) is 0 Å². The summed E-state index contributed by atoms with van der Waals surface area (Å²) in [6.07, 6.45) is 1.66. The van der Waals surface area contributed by atoms with Crippen molar-refractivity contribution in [1.82, 2.24) is 4.72 Å². The van der Waals surface area contributed by atoms with Crippen molar-refractivity contribution in [3.8, 4) is 0 Å². The molecule has 0 aliphatic heterocycles. The molecule has 4 N–H and O–H groups in total. The van der Waals surface area contributed by atoms with E-state index < -0.39 is 21.8 Å². The number of primary amides is 1. The molecule has 8 heteroatoms. The molecule has 7 nitrogen and oxygen atoms in total. The first-order chi connectivity index (χ1) is 12.3. The molecule has 0 bridgehead atoms. The van der Waals surface area contributed by atoms with Crippen LogP contribution in [0.2, 0.25) is 0 Å². The lowest BCUT2D eigenvalue weighted by Gasteiger charge is -2.11. The highest BCUT2D eigenvalue weighted by Crippen LogP contribution is 2.23. The Balaban J connectivity index is 1.86. The van der Waals surface area contributed by atoms with Crippen molar-refractivity contribution in [3.05, 3.63) is 59.2 Å². The summed E-state index contributed by atoms with van der Waals surface area (Å²) in [7, 11) is -3.65. The molecule has 0 aromatic heterocycles. The van der Waals surface area contributed by atoms with E-state index in [2.05, 4.69) is 10.0 Å². The molecule has 0 atom stereocenters. The van der Waals surface area contributed by atoms with Crippen LogP contribution < -0.4 is 15.8 Å². The molecule has 1 saturated carbocycles. The Morgan fingerprint density at radius 3 is 2.50 bits per heavy atom. The monoisotopic (exact) mass is 373 g/mol. The Morgan fingerprint density at radius 1 is 1.12 bits per heavy atom. The topological polar surface area (TPSA) is 118 Å². The smallest absolute Gasteiger partial charge is 0.255 e. The zero-order chi connectivity index (χ0) is 18.9. The van der Waals surface area contributed by atoms with Crippen molar-refractivity contribution in [3.63, 3.8) is 0 Å². The summed E-state index contributed by atoms with van der Waals surface area (Å²) in [6.45, 7) is 1.72. The first kappa shape index (κ1) is 18.1. The molecule has 1 aliphatic rings. The molecule has 0 radical (unpaired) electrons. The van der Waals surface area contributed by atoms with Crippen LogP contribution in [0.15, 0.2) is 47.4 Å². The number of hydrogen-bond acceptors (Lipinski definition) is 4. The Hall–Kier alpha value is -2.71. The third-order valence-electron chi connectivity index (χ3n) is 4.07. The lowest BCUT2D eigenvalue weighted by atomic mass is 10.1. The fourth-order valence-electron chi connectivity index (χ4n) is 2.45. The van der Waals surface area contributed by atoms with Gasteiger partial charge in [0.05, 0.1) is 4.90 Å². The van der Waals surface area contributed by atoms with Gasteiger partial charge in [0.2, 0.25) is 15.9 Å². The summed E-state index contributed by atoms with van der Waals surface area (Å²) in [5.74, 6) is -1.07. The molecule has 26 heavy (non-hydrogen) atoms. The zero-order valence-corrected chi connectivity index (χ0v) is 15.0. The SMILES string of the molecule is Cc1ccc(S(=O)(=O)NC2CC2)cc1C(=O)Nc1cccc(C(N)=O)c1. The standard InChI is InChI=1S/C18H19N3O4S/c1-11-5-8-15(26(24,25)21-13-6-7-13)10-16(11)18(23)20-14-4-2-3-12(9-14)17(19)22/h2-5,8-10,13,21H,6-7H2,1H3,(H2,19,22)(H,20,23). The molecule has 0 spiro atoms. The number of sulfonamides is 1. The van der Waals surface area contributed by atoms with Crippen LogP contribution in [0.1, 0.15) is 39.1 Å². The molecule has 0 heterocycles. The van der Waals surface area contributed by atoms with Gasteiger partial charge in [0.25, 0.3) is 5.91 Å². The minimum Gasteiger partial charge on any atom is -0.366 e. The molecule has 2 aromatic carbocycles. The number of amides is 2. The van der Waals surface area contributed by atoms with E-state index in [-0.39, 0.29) is 22.1 Å². The van der Waals surface area contributed by atoms with Gasteiger partial charge in [-0.1, -0.05) is 12.1 Å². The number of anilines is 1. The average Bonchev–Trinajstić information content (AvgIpc) is 3.38. The van der Waals surface area contributed by atoms with Crippen LogP contribution in [0, 0.1) is 6.92 Å². The van der Waals surface area contributed by atoms with E-state index in [9.17, 15) is 18.0 Å². The fourth-order valence-corrected chi connectivity index (χ4v) is 3.78. The largest absolute Gasteiger partial charge is 0.366 e. The van der Waals surface area contributed by atoms with Crippen LogP contribution >= 0.6 is 0 Å². The number of aryl methyl sites for hydroxylation is 1. The summed E-state index contributed by atoms with van der Waals surface area (Å²) in [4.78, 5) is 23.9. The molecule has 1 fully saturated rings. The Bertz CT molecular complexity index is 982. The fraction of sp³-hybridized carbons (Fsp3) is 0.222. The van der Waals surface area contributed by atoms with Crippen LogP contribution in [0.25, 0.3) is 0 Å². The van der Waals surface area contributed by atoms with E-state index >= 15 is 0 Å². The highest BCUT2D eigenvalue weighted by Gasteiger charge is 2.28. The van der Waals surface area contributed by atoms with Gasteiger partial charge < -0.3 is 11.1 Å². The first-order valence-corrected chi connectivity index (χ1v) is 9.59. The van der Waals surface area contributed by atoms with Gasteiger partial charge in [-0.25, -0.2) is 13.1 Å². The predicted octanol–water partition coefficient (Wildman–Crippen LogP) is 1.79. The van der Waals surface area contributed by atoms with Crippen molar-refractivity contribution in [2.45, 2.75) is 30.7 Å². The quantitative estimate of drug-likeness (QED) is 0.715. The van der Waals surface area contributed by atoms with Gasteiger partial charge in [-0.15, -0.1) is 0 Å². The van der Waals surface area contributed by atoms with Gasteiger partial charge in [-0.2, -0.15) is 0 Å². The number of carbonyl (C=O) groups excluding carboxylic acids is 2. The van der Waals surface area contributed by atoms with Crippen LogP contribution in [0.5, 0.6) is 0 Å². The Kier molecular flexibility index (Phi) is 4.80. The second kappa shape index (κ2) is 6.89. The third-order valence-corrected chi connectivity index (χ3v) is 5.59. The third kappa shape index (κ3) is 4.09. The van der Waals surface area contributed by atoms with Gasteiger partial charge in [0, 0.05) is 22.9 Å². The minimum absolute atomic E-state index is 0.0184. The van der Waals surface area contributed by atoms with Crippen LogP contribution in [-0.4, -0.2) is 26.3 Å². The van der Waals surface area contributed by atoms with Gasteiger partial charge in [0.15, 0.2) is 0 Å². The van der Waals surface area contributed by atoms with E-state index in [0.29, 0.717) is 11.3 Å². The molecule has 1 aliphatic carbocycles. The summed E-state index contributed by atoms with van der Waals surface area (Å²) < 4.78 is 27.3. The summed E-state index contributed by atoms with van der Waals surface area (Å²) in [5.41, 5.74) is 6.78. The summed E-state index contributed by atoms with van der Waals surface area (Å²) in [5, 5.41) is 2.66. The lowest BCUT2D eigenvalue weighted by molar-refractivity contribution is 0.0996. The van der Waals surface area contributed by atoms with Crippen LogP contribution in [0.4, 0.5) is 5.69 Å². The number of hydrogen-bond donors (Lipinski definition) is 3. The maximum Gasteiger partial charge on any atom is 0.255 e. The second-order valence-electron chi connectivity index (χ2n) is 6.27. The maximum absolute atomic E-state index is 12.6. The maximum atomic E-state index is 12.6. The summed E-state index contributed by atoms with van der Waals surface area (Å²) >= 11 is 0. The number of nitrogens with two attached hydrogens (primary N) is 1. The van der Waals surface area contributed by atoms with Gasteiger partial charge in [-0.3, -0.25) is 9.59 Å². The molecule has 2 amide bonds. The van der Waals surface area contributed by atoms with Crippen molar-refractivity contribution in [2.24, 2.45) is 5.73 Å². The highest BCUT2D eigenvalue weighted by atomic mass is 32.2. The van der Waals surface area contributed by atoms with Gasteiger partial charge >= 0.3 is 0 Å². The van der Waals surface area contributed by atoms with E-state index in [1.54, 1.807) is 31.2 Å². The number of benzene rings is 2. The molecule has 0 unspecified atom stereocenters. The Morgan fingerprint density at radius 2 is 1.85 bits per heavy atom. The molecule has 136 valence electrons. The van der Waals surface area contributed by atoms with Crippen LogP contribution in [0.3, 0.4) is 0 Å². The predicted molar refractivity (Wildman–Crippen MR) is 97.4 cm³/mol. The zero-order valence-electron chi connectivity index (χ0n) is 14.2. The number of rotatable bonds is 6. The molecular weight excluding hydrogens is 354 g/mol. The van der Waals surface area contributed by atoms with Crippen molar-refractivity contribution in [1.29, 1.82) is 0 Å². The highest BCUT2D eigenvalue weighted by molar-refractivity contribution is 7.89. The van der Waals surface area contributed by atoms with Crippen molar-refractivity contribution >= 4 is 27.5 Å². The van der Waals surface area contributed by atoms with E-state index in [1.165, 1.54) is 18.2 Å². The van der Waals surface area contributed by atoms with Crippen LogP contribution in [-0.2, 0) is 10.0 Å². The summed E-state index contributed by atoms with van der Waals surface area (Å²) in [6, 6.07) is 10.6. The number of nitrogens with one attached hydrogen (secondary N) is 2. The lowest BCUT2D eigenvalue weighted by Crippen LogP contribution is -2.26. The molecule has 2 aromatic rings. The Labute approximate surface area is 151 Å². The molecular formula is C18H19N3O4S. The molecule has 3 rings (SSSR count). The van der Waals surface area contributed by atoms with E-state index in [4.69, 9.17) is 5.73 Å². The van der Waals surface area contributed by atoms with Crippen molar-refractivity contribution < 1.29 is 18.0 Å². The van der Waals surface area contributed by atoms with Gasteiger partial charge in [0.1, 0.15) is 0 Å². The number of carbonyl (C=O) groups is 2. The second-order valence-corrected chi connectivity index (χ2v) is 7.99. The van der Waals surface area contributed by atoms with Crippen molar-refractivity contribution in [2.75, 3.05) is 5.32 Å². The normalized spacial score (nSPS) is 14.0. The average molecular weight is 373 g/mol. The first-order valence-electron chi connectivity index (χ1n) is 8.10.